The van der Waals surface area contributed by atoms with Gasteiger partial charge in [0.15, 0.2) is 0 Å². The molecular weight excluding hydrogens is 224 g/mol. The largest absolute Gasteiger partial charge is 0.370 e. The van der Waals surface area contributed by atoms with Gasteiger partial charge >= 0.3 is 0 Å². The minimum Gasteiger partial charge on any atom is -0.370 e. The molecule has 0 amide bonds. The standard InChI is InChI=1S/C14H24N4/c1-5-15-14-8-13(6-7-16-14)18-9-11(2)17(4)12(3)10-18/h6-8,11-12H,5,9-10H2,1-4H3,(H,15,16). The molecule has 18 heavy (non-hydrogen) atoms. The smallest absolute Gasteiger partial charge is 0.127 e. The molecular formula is C14H24N4. The Balaban J connectivity index is 2.13. The summed E-state index contributed by atoms with van der Waals surface area (Å²) in [4.78, 5) is 9.23. The SMILES string of the molecule is CCNc1cc(N2CC(C)N(C)C(C)C2)ccn1. The third kappa shape index (κ3) is 2.75. The summed E-state index contributed by atoms with van der Waals surface area (Å²) in [6, 6.07) is 5.42. The van der Waals surface area contributed by atoms with Crippen molar-refractivity contribution in [3.8, 4) is 0 Å². The van der Waals surface area contributed by atoms with E-state index in [1.54, 1.807) is 0 Å². The molecule has 0 saturated carbocycles. The van der Waals surface area contributed by atoms with E-state index in [9.17, 15) is 0 Å². The Hall–Kier alpha value is -1.29. The first-order valence-corrected chi connectivity index (χ1v) is 6.78. The van der Waals surface area contributed by atoms with E-state index in [0.29, 0.717) is 12.1 Å². The van der Waals surface area contributed by atoms with Gasteiger partial charge in [-0.15, -0.1) is 0 Å². The quantitative estimate of drug-likeness (QED) is 0.887. The van der Waals surface area contributed by atoms with Crippen molar-refractivity contribution in [2.24, 2.45) is 0 Å². The fourth-order valence-electron chi connectivity index (χ4n) is 2.51. The molecule has 1 N–H and O–H groups in total. The fraction of sp³-hybridized carbons (Fsp3) is 0.643. The summed E-state index contributed by atoms with van der Waals surface area (Å²) >= 11 is 0. The molecule has 2 atom stereocenters. The molecule has 2 unspecified atom stereocenters. The van der Waals surface area contributed by atoms with Crippen LogP contribution in [0.1, 0.15) is 20.8 Å². The Bertz CT molecular complexity index is 381. The van der Waals surface area contributed by atoms with Gasteiger partial charge in [0.1, 0.15) is 5.82 Å². The van der Waals surface area contributed by atoms with Gasteiger partial charge in [-0.25, -0.2) is 4.98 Å². The second-order valence-electron chi connectivity index (χ2n) is 5.20. The summed E-state index contributed by atoms with van der Waals surface area (Å²) in [5.74, 6) is 0.967. The molecule has 1 aromatic rings. The normalized spacial score (nSPS) is 25.2. The molecule has 1 aliphatic heterocycles. The topological polar surface area (TPSA) is 31.4 Å². The van der Waals surface area contributed by atoms with E-state index in [2.05, 4.69) is 60.1 Å². The predicted molar refractivity (Wildman–Crippen MR) is 77.3 cm³/mol. The van der Waals surface area contributed by atoms with E-state index in [-0.39, 0.29) is 0 Å². The van der Waals surface area contributed by atoms with Gasteiger partial charge in [0.05, 0.1) is 0 Å². The Labute approximate surface area is 110 Å². The van der Waals surface area contributed by atoms with E-state index in [1.807, 2.05) is 6.20 Å². The zero-order chi connectivity index (χ0) is 13.1. The number of aromatic nitrogens is 1. The average molecular weight is 248 g/mol. The van der Waals surface area contributed by atoms with Gasteiger partial charge in [-0.2, -0.15) is 0 Å². The molecule has 1 aromatic heterocycles. The first-order chi connectivity index (χ1) is 8.61. The summed E-state index contributed by atoms with van der Waals surface area (Å²) < 4.78 is 0. The molecule has 100 valence electrons. The minimum atomic E-state index is 0.587. The van der Waals surface area contributed by atoms with Crippen molar-refractivity contribution in [1.29, 1.82) is 0 Å². The lowest BCUT2D eigenvalue weighted by atomic mass is 10.1. The van der Waals surface area contributed by atoms with Crippen LogP contribution in [0, 0.1) is 0 Å². The molecule has 1 saturated heterocycles. The van der Waals surface area contributed by atoms with Crippen molar-refractivity contribution in [2.45, 2.75) is 32.9 Å². The molecule has 1 fully saturated rings. The van der Waals surface area contributed by atoms with Crippen LogP contribution in [0.4, 0.5) is 11.5 Å². The Kier molecular flexibility index (Phi) is 4.07. The highest BCUT2D eigenvalue weighted by atomic mass is 15.3. The molecule has 4 nitrogen and oxygen atoms in total. The van der Waals surface area contributed by atoms with Gasteiger partial charge in [-0.05, 0) is 33.9 Å². The third-order valence-electron chi connectivity index (χ3n) is 3.83. The summed E-state index contributed by atoms with van der Waals surface area (Å²) in [5, 5.41) is 3.27. The van der Waals surface area contributed by atoms with Crippen LogP contribution in [-0.2, 0) is 0 Å². The van der Waals surface area contributed by atoms with Crippen molar-refractivity contribution in [1.82, 2.24) is 9.88 Å². The van der Waals surface area contributed by atoms with Crippen LogP contribution in [0.5, 0.6) is 0 Å². The number of hydrogen-bond acceptors (Lipinski definition) is 4. The van der Waals surface area contributed by atoms with Crippen LogP contribution in [0.25, 0.3) is 0 Å². The van der Waals surface area contributed by atoms with Crippen LogP contribution in [0.15, 0.2) is 18.3 Å². The second-order valence-corrected chi connectivity index (χ2v) is 5.20. The molecule has 0 bridgehead atoms. The highest BCUT2D eigenvalue weighted by Crippen LogP contribution is 2.22. The van der Waals surface area contributed by atoms with E-state index < -0.39 is 0 Å². The maximum atomic E-state index is 4.33. The van der Waals surface area contributed by atoms with Gasteiger partial charge in [0.25, 0.3) is 0 Å². The van der Waals surface area contributed by atoms with Crippen molar-refractivity contribution in [3.05, 3.63) is 18.3 Å². The predicted octanol–water partition coefficient (Wildman–Crippen LogP) is 2.04. The first-order valence-electron chi connectivity index (χ1n) is 6.78. The molecule has 0 aromatic carbocycles. The molecule has 0 spiro atoms. The lowest BCUT2D eigenvalue weighted by molar-refractivity contribution is 0.170. The Morgan fingerprint density at radius 2 is 2.00 bits per heavy atom. The third-order valence-corrected chi connectivity index (χ3v) is 3.83. The molecule has 0 aliphatic carbocycles. The van der Waals surface area contributed by atoms with E-state index in [0.717, 1.165) is 25.5 Å². The Morgan fingerprint density at radius 3 is 2.61 bits per heavy atom. The number of likely N-dealkylation sites (N-methyl/N-ethyl adjacent to an activating group) is 1. The molecule has 1 aliphatic rings. The lowest BCUT2D eigenvalue weighted by Gasteiger charge is -2.43. The van der Waals surface area contributed by atoms with Crippen molar-refractivity contribution >= 4 is 11.5 Å². The molecule has 2 rings (SSSR count). The summed E-state index contributed by atoms with van der Waals surface area (Å²) in [7, 11) is 2.21. The van der Waals surface area contributed by atoms with Gasteiger partial charge < -0.3 is 10.2 Å². The van der Waals surface area contributed by atoms with Crippen LogP contribution in [-0.4, -0.2) is 48.6 Å². The summed E-state index contributed by atoms with van der Waals surface area (Å²) in [6.07, 6.45) is 1.89. The number of piperazine rings is 1. The Morgan fingerprint density at radius 1 is 1.33 bits per heavy atom. The van der Waals surface area contributed by atoms with Gasteiger partial charge in [-0.3, -0.25) is 4.90 Å². The zero-order valence-electron chi connectivity index (χ0n) is 11.8. The average Bonchev–Trinajstić information content (AvgIpc) is 2.36. The number of nitrogens with one attached hydrogen (secondary N) is 1. The highest BCUT2D eigenvalue weighted by Gasteiger charge is 2.26. The lowest BCUT2D eigenvalue weighted by Crippen LogP contribution is -2.55. The van der Waals surface area contributed by atoms with E-state index in [1.165, 1.54) is 5.69 Å². The van der Waals surface area contributed by atoms with Gasteiger partial charge in [0, 0.05) is 49.7 Å². The van der Waals surface area contributed by atoms with Crippen molar-refractivity contribution < 1.29 is 0 Å². The van der Waals surface area contributed by atoms with Crippen LogP contribution in [0.2, 0.25) is 0 Å². The number of hydrogen-bond donors (Lipinski definition) is 1. The van der Waals surface area contributed by atoms with Crippen LogP contribution >= 0.6 is 0 Å². The summed E-state index contributed by atoms with van der Waals surface area (Å²) in [5.41, 5.74) is 1.27. The zero-order valence-corrected chi connectivity index (χ0v) is 11.8. The summed E-state index contributed by atoms with van der Waals surface area (Å²) in [6.45, 7) is 9.73. The maximum absolute atomic E-state index is 4.33. The maximum Gasteiger partial charge on any atom is 0.127 e. The number of nitrogens with zero attached hydrogens (tertiary/aromatic N) is 3. The number of anilines is 2. The first kappa shape index (κ1) is 13.1. The van der Waals surface area contributed by atoms with Gasteiger partial charge in [-0.1, -0.05) is 0 Å². The number of rotatable bonds is 3. The molecule has 2 heterocycles. The van der Waals surface area contributed by atoms with Gasteiger partial charge in [0.2, 0.25) is 0 Å². The van der Waals surface area contributed by atoms with E-state index in [4.69, 9.17) is 0 Å². The van der Waals surface area contributed by atoms with Crippen LogP contribution < -0.4 is 10.2 Å². The highest BCUT2D eigenvalue weighted by molar-refractivity contribution is 5.54. The van der Waals surface area contributed by atoms with E-state index >= 15 is 0 Å². The van der Waals surface area contributed by atoms with Crippen molar-refractivity contribution in [2.75, 3.05) is 36.9 Å². The monoisotopic (exact) mass is 248 g/mol. The van der Waals surface area contributed by atoms with Crippen LogP contribution in [0.3, 0.4) is 0 Å². The second kappa shape index (κ2) is 5.57. The fourth-order valence-corrected chi connectivity index (χ4v) is 2.51. The molecule has 4 heteroatoms. The van der Waals surface area contributed by atoms with Crippen molar-refractivity contribution in [3.63, 3.8) is 0 Å². The number of pyridine rings is 1. The minimum absolute atomic E-state index is 0.587. The molecule has 0 radical (unpaired) electrons.